The summed E-state index contributed by atoms with van der Waals surface area (Å²) in [5, 5.41) is 8.00. The molecule has 8 heteroatoms. The van der Waals surface area contributed by atoms with Gasteiger partial charge >= 0.3 is 0 Å². The number of para-hydroxylation sites is 1. The summed E-state index contributed by atoms with van der Waals surface area (Å²) in [5.74, 6) is 1.36. The first-order valence-electron chi connectivity index (χ1n) is 10.1. The molecule has 0 bridgehead atoms. The highest BCUT2D eigenvalue weighted by molar-refractivity contribution is 6.32. The van der Waals surface area contributed by atoms with Crippen molar-refractivity contribution < 1.29 is 19.0 Å². The van der Waals surface area contributed by atoms with E-state index in [0.717, 1.165) is 5.69 Å². The summed E-state index contributed by atoms with van der Waals surface area (Å²) in [7, 11) is 4.68. The molecule has 1 amide bonds. The van der Waals surface area contributed by atoms with Gasteiger partial charge in [-0.2, -0.15) is 5.10 Å². The Morgan fingerprint density at radius 3 is 2.30 bits per heavy atom. The Hall–Kier alpha value is -3.97. The van der Waals surface area contributed by atoms with Crippen LogP contribution in [0.4, 0.5) is 5.69 Å². The molecule has 1 heterocycles. The second kappa shape index (κ2) is 9.67. The number of anilines is 1. The van der Waals surface area contributed by atoms with Gasteiger partial charge in [-0.15, -0.1) is 0 Å². The number of nitrogens with one attached hydrogen (secondary N) is 1. The number of aromatic nitrogens is 2. The lowest BCUT2D eigenvalue weighted by molar-refractivity contribution is 0.102. The average molecular weight is 464 g/mol. The molecule has 1 N–H and O–H groups in total. The van der Waals surface area contributed by atoms with Gasteiger partial charge in [0.25, 0.3) is 5.91 Å². The van der Waals surface area contributed by atoms with Crippen molar-refractivity contribution in [3.63, 3.8) is 0 Å². The number of ether oxygens (including phenoxy) is 3. The molecule has 4 aromatic rings. The van der Waals surface area contributed by atoms with Crippen molar-refractivity contribution in [2.75, 3.05) is 26.6 Å². The molecule has 7 nitrogen and oxygen atoms in total. The minimum atomic E-state index is -0.349. The van der Waals surface area contributed by atoms with Crippen molar-refractivity contribution in [1.82, 2.24) is 9.78 Å². The smallest absolute Gasteiger partial charge is 0.259 e. The molecule has 0 fully saturated rings. The van der Waals surface area contributed by atoms with E-state index in [-0.39, 0.29) is 5.91 Å². The molecule has 33 heavy (non-hydrogen) atoms. The highest BCUT2D eigenvalue weighted by Gasteiger charge is 2.22. The average Bonchev–Trinajstić information content (AvgIpc) is 3.30. The van der Waals surface area contributed by atoms with Gasteiger partial charge in [-0.1, -0.05) is 29.8 Å². The van der Waals surface area contributed by atoms with Crippen LogP contribution in [0.15, 0.2) is 72.9 Å². The molecule has 0 radical (unpaired) electrons. The number of halogens is 1. The Morgan fingerprint density at radius 1 is 0.909 bits per heavy atom. The van der Waals surface area contributed by atoms with Crippen LogP contribution in [0.25, 0.3) is 16.9 Å². The van der Waals surface area contributed by atoms with E-state index in [1.54, 1.807) is 61.5 Å². The summed E-state index contributed by atoms with van der Waals surface area (Å²) in [5.41, 5.74) is 2.78. The molecule has 1 aromatic heterocycles. The van der Waals surface area contributed by atoms with Gasteiger partial charge < -0.3 is 19.5 Å². The fourth-order valence-electron chi connectivity index (χ4n) is 3.39. The van der Waals surface area contributed by atoms with Crippen LogP contribution in [0, 0.1) is 0 Å². The van der Waals surface area contributed by atoms with Crippen LogP contribution in [-0.2, 0) is 0 Å². The number of nitrogens with zero attached hydrogens (tertiary/aromatic N) is 2. The minimum Gasteiger partial charge on any atom is -0.497 e. The zero-order valence-corrected chi connectivity index (χ0v) is 19.1. The molecule has 0 aliphatic rings. The standard InChI is InChI=1S/C25H22ClN3O4/c1-31-18-10-12-22(32-2)19(14-18)24-20(15-29(28-24)17-7-5-4-6-8-17)25(30)27-16-9-11-23(33-3)21(26)13-16/h4-15H,1-3H3,(H,27,30). The lowest BCUT2D eigenvalue weighted by Gasteiger charge is -2.11. The van der Waals surface area contributed by atoms with Gasteiger partial charge in [0, 0.05) is 17.4 Å². The lowest BCUT2D eigenvalue weighted by atomic mass is 10.1. The minimum absolute atomic E-state index is 0.349. The van der Waals surface area contributed by atoms with E-state index in [4.69, 9.17) is 30.9 Å². The second-order valence-corrected chi connectivity index (χ2v) is 7.45. The van der Waals surface area contributed by atoms with Crippen molar-refractivity contribution in [3.05, 3.63) is 83.5 Å². The molecular weight excluding hydrogens is 442 g/mol. The highest BCUT2D eigenvalue weighted by Crippen LogP contribution is 2.35. The number of benzene rings is 3. The SMILES string of the molecule is COc1ccc(OC)c(-c2nn(-c3ccccc3)cc2C(=O)Nc2ccc(OC)c(Cl)c2)c1. The van der Waals surface area contributed by atoms with E-state index in [1.807, 2.05) is 30.3 Å². The monoisotopic (exact) mass is 463 g/mol. The largest absolute Gasteiger partial charge is 0.497 e. The third-order valence-electron chi connectivity index (χ3n) is 5.05. The normalized spacial score (nSPS) is 10.5. The van der Waals surface area contributed by atoms with E-state index in [0.29, 0.717) is 44.8 Å². The number of hydrogen-bond acceptors (Lipinski definition) is 5. The van der Waals surface area contributed by atoms with Crippen LogP contribution in [-0.4, -0.2) is 37.0 Å². The van der Waals surface area contributed by atoms with Gasteiger partial charge in [0.05, 0.1) is 37.6 Å². The van der Waals surface area contributed by atoms with Crippen LogP contribution in [0.2, 0.25) is 5.02 Å². The van der Waals surface area contributed by atoms with Gasteiger partial charge in [0.1, 0.15) is 22.9 Å². The van der Waals surface area contributed by atoms with Gasteiger partial charge in [-0.05, 0) is 48.5 Å². The van der Waals surface area contributed by atoms with Gasteiger partial charge in [-0.3, -0.25) is 4.79 Å². The molecule has 168 valence electrons. The molecule has 0 spiro atoms. The fraction of sp³-hybridized carbons (Fsp3) is 0.120. The van der Waals surface area contributed by atoms with Gasteiger partial charge in [-0.25, -0.2) is 4.68 Å². The molecule has 0 aliphatic carbocycles. The third kappa shape index (κ3) is 4.63. The molecule has 0 unspecified atom stereocenters. The molecular formula is C25H22ClN3O4. The fourth-order valence-corrected chi connectivity index (χ4v) is 3.65. The van der Waals surface area contributed by atoms with Crippen molar-refractivity contribution in [2.24, 2.45) is 0 Å². The number of hydrogen-bond donors (Lipinski definition) is 1. The van der Waals surface area contributed by atoms with Crippen LogP contribution in [0.5, 0.6) is 17.2 Å². The van der Waals surface area contributed by atoms with Gasteiger partial charge in [0.15, 0.2) is 0 Å². The van der Waals surface area contributed by atoms with Crippen molar-refractivity contribution in [2.45, 2.75) is 0 Å². The Balaban J connectivity index is 1.81. The number of amides is 1. The Kier molecular flexibility index (Phi) is 6.51. The first kappa shape index (κ1) is 22.2. The van der Waals surface area contributed by atoms with E-state index in [9.17, 15) is 4.79 Å². The number of carbonyl (C=O) groups excluding carboxylic acids is 1. The lowest BCUT2D eigenvalue weighted by Crippen LogP contribution is -2.12. The predicted octanol–water partition coefficient (Wildman–Crippen LogP) is 5.47. The van der Waals surface area contributed by atoms with Gasteiger partial charge in [0.2, 0.25) is 0 Å². The highest BCUT2D eigenvalue weighted by atomic mass is 35.5. The van der Waals surface area contributed by atoms with Crippen molar-refractivity contribution >= 4 is 23.2 Å². The maximum Gasteiger partial charge on any atom is 0.259 e. The van der Waals surface area contributed by atoms with E-state index in [2.05, 4.69) is 5.32 Å². The summed E-state index contributed by atoms with van der Waals surface area (Å²) in [6.07, 6.45) is 1.68. The summed E-state index contributed by atoms with van der Waals surface area (Å²) < 4.78 is 17.8. The Bertz CT molecular complexity index is 1290. The summed E-state index contributed by atoms with van der Waals surface area (Å²) >= 11 is 6.22. The van der Waals surface area contributed by atoms with E-state index in [1.165, 1.54) is 7.11 Å². The molecule has 0 aliphatic heterocycles. The molecule has 3 aromatic carbocycles. The van der Waals surface area contributed by atoms with E-state index >= 15 is 0 Å². The van der Waals surface area contributed by atoms with Crippen LogP contribution >= 0.6 is 11.6 Å². The first-order valence-corrected chi connectivity index (χ1v) is 10.4. The molecule has 0 saturated carbocycles. The van der Waals surface area contributed by atoms with Crippen LogP contribution in [0.1, 0.15) is 10.4 Å². The topological polar surface area (TPSA) is 74.6 Å². The Morgan fingerprint density at radius 2 is 1.64 bits per heavy atom. The summed E-state index contributed by atoms with van der Waals surface area (Å²) in [4.78, 5) is 13.4. The van der Waals surface area contributed by atoms with E-state index < -0.39 is 0 Å². The third-order valence-corrected chi connectivity index (χ3v) is 5.35. The summed E-state index contributed by atoms with van der Waals surface area (Å²) in [6, 6.07) is 19.9. The first-order chi connectivity index (χ1) is 16.0. The Labute approximate surface area is 196 Å². The second-order valence-electron chi connectivity index (χ2n) is 7.04. The predicted molar refractivity (Wildman–Crippen MR) is 128 cm³/mol. The number of carbonyl (C=O) groups is 1. The quantitative estimate of drug-likeness (QED) is 0.393. The molecule has 0 saturated heterocycles. The van der Waals surface area contributed by atoms with Crippen molar-refractivity contribution in [1.29, 1.82) is 0 Å². The molecule has 4 rings (SSSR count). The van der Waals surface area contributed by atoms with Crippen LogP contribution in [0.3, 0.4) is 0 Å². The van der Waals surface area contributed by atoms with Crippen LogP contribution < -0.4 is 19.5 Å². The number of methoxy groups -OCH3 is 3. The number of rotatable bonds is 7. The zero-order chi connectivity index (χ0) is 23.4. The molecule has 0 atom stereocenters. The maximum atomic E-state index is 13.4. The zero-order valence-electron chi connectivity index (χ0n) is 18.3. The summed E-state index contributed by atoms with van der Waals surface area (Å²) in [6.45, 7) is 0. The maximum absolute atomic E-state index is 13.4. The van der Waals surface area contributed by atoms with Crippen molar-refractivity contribution in [3.8, 4) is 34.2 Å².